The number of terminal acetylenes is 1. The number of rotatable bonds is 0. The molecule has 0 spiro atoms. The van der Waals surface area contributed by atoms with Crippen LogP contribution in [0.2, 0.25) is 0 Å². The van der Waals surface area contributed by atoms with Crippen molar-refractivity contribution in [2.24, 2.45) is 0 Å². The van der Waals surface area contributed by atoms with Crippen LogP contribution >= 0.6 is 0 Å². The molecule has 0 radical (unpaired) electrons. The van der Waals surface area contributed by atoms with Crippen molar-refractivity contribution < 1.29 is 24.7 Å². The Bertz CT molecular complexity index is 228. The molecular formula is C8H5At. The molecule has 0 amide bonds. The first kappa shape index (κ1) is 6.78. The van der Waals surface area contributed by atoms with Crippen LogP contribution in [0.25, 0.3) is 0 Å². The van der Waals surface area contributed by atoms with Gasteiger partial charge >= 0.3 is 70.2 Å². The minimum atomic E-state index is 0.954. The second-order valence-electron chi connectivity index (χ2n) is 1.65. The van der Waals surface area contributed by atoms with E-state index in [1.165, 1.54) is 3.27 Å². The minimum absolute atomic E-state index is 0.954. The molecule has 0 aliphatic carbocycles. The van der Waals surface area contributed by atoms with E-state index < -0.39 is 0 Å². The first-order valence-electron chi connectivity index (χ1n) is 2.55. The van der Waals surface area contributed by atoms with Gasteiger partial charge in [0, 0.05) is 0 Å². The monoisotopic (exact) mass is 311 g/mol. The Balaban J connectivity index is 3.06. The fourth-order valence-corrected chi connectivity index (χ4v) is 1.04. The molecule has 0 aliphatic heterocycles. The van der Waals surface area contributed by atoms with E-state index in [1.807, 2.05) is 24.3 Å². The van der Waals surface area contributed by atoms with Gasteiger partial charge in [-0.25, -0.2) is 0 Å². The van der Waals surface area contributed by atoms with Gasteiger partial charge in [-0.15, -0.1) is 0 Å². The van der Waals surface area contributed by atoms with Crippen LogP contribution in [0.1, 0.15) is 5.56 Å². The van der Waals surface area contributed by atoms with Gasteiger partial charge in [0.2, 0.25) is 0 Å². The van der Waals surface area contributed by atoms with Crippen LogP contribution in [-0.4, -0.2) is 0 Å². The molecule has 0 heterocycles. The van der Waals surface area contributed by atoms with Crippen molar-refractivity contribution in [2.45, 2.75) is 0 Å². The Hall–Kier alpha value is -0.337. The third-order valence-electron chi connectivity index (χ3n) is 1.01. The second kappa shape index (κ2) is 2.99. The number of hydrogen-bond acceptors (Lipinski definition) is 0. The summed E-state index contributed by atoms with van der Waals surface area (Å²) in [6.07, 6.45) is 5.15. The Labute approximate surface area is 70.1 Å². The summed E-state index contributed by atoms with van der Waals surface area (Å²) in [5.41, 5.74) is 0.954. The van der Waals surface area contributed by atoms with Crippen LogP contribution < -0.4 is 3.27 Å². The first-order chi connectivity index (χ1) is 4.33. The van der Waals surface area contributed by atoms with E-state index in [2.05, 4.69) is 5.92 Å². The van der Waals surface area contributed by atoms with Crippen LogP contribution in [0, 0.1) is 37.1 Å². The van der Waals surface area contributed by atoms with Gasteiger partial charge in [-0.05, 0) is 0 Å². The van der Waals surface area contributed by atoms with Crippen LogP contribution in [0.3, 0.4) is 0 Å². The van der Waals surface area contributed by atoms with E-state index in [1.54, 1.807) is 24.7 Å². The summed E-state index contributed by atoms with van der Waals surface area (Å²) in [5, 5.41) is 0. The summed E-state index contributed by atoms with van der Waals surface area (Å²) < 4.78 is 1.30. The molecule has 0 fully saturated rings. The topological polar surface area (TPSA) is 0 Å². The van der Waals surface area contributed by atoms with Crippen molar-refractivity contribution in [3.8, 4) is 12.3 Å². The first-order valence-corrected chi connectivity index (χ1v) is 4.02. The van der Waals surface area contributed by atoms with Crippen molar-refractivity contribution in [1.29, 1.82) is 0 Å². The van der Waals surface area contributed by atoms with Crippen LogP contribution in [0.4, 0.5) is 0 Å². The van der Waals surface area contributed by atoms with E-state index in [0.717, 1.165) is 5.56 Å². The average molecular weight is 311 g/mol. The van der Waals surface area contributed by atoms with Crippen LogP contribution in [0.5, 0.6) is 0 Å². The number of hydrogen-bond donors (Lipinski definition) is 0. The van der Waals surface area contributed by atoms with Crippen LogP contribution in [-0.2, 0) is 0 Å². The van der Waals surface area contributed by atoms with Gasteiger partial charge in [0.25, 0.3) is 0 Å². The molecule has 0 atom stereocenters. The zero-order valence-corrected chi connectivity index (χ0v) is 7.70. The zero-order valence-electron chi connectivity index (χ0n) is 4.76. The SMILES string of the molecule is C#Cc1ccc([At])cc1. The molecule has 0 unspecified atom stereocenters. The van der Waals surface area contributed by atoms with E-state index in [-0.39, 0.29) is 0 Å². The molecule has 0 nitrogen and oxygen atoms in total. The van der Waals surface area contributed by atoms with Gasteiger partial charge in [0.15, 0.2) is 0 Å². The summed E-state index contributed by atoms with van der Waals surface area (Å²) in [4.78, 5) is 0. The molecular weight excluding hydrogens is 306 g/mol. The van der Waals surface area contributed by atoms with Gasteiger partial charge < -0.3 is 0 Å². The summed E-state index contributed by atoms with van der Waals surface area (Å²) in [7, 11) is 0. The second-order valence-corrected chi connectivity index (χ2v) is 3.35. The standard InChI is InChI=1S/C8H5At/c1-2-7-3-5-8(9)6-4-7/h1,3-6H. The molecule has 0 aliphatic rings. The molecule has 9 heavy (non-hydrogen) atoms. The maximum atomic E-state index is 5.15. The number of benzene rings is 1. The van der Waals surface area contributed by atoms with E-state index in [0.29, 0.717) is 0 Å². The maximum absolute atomic E-state index is 5.15. The van der Waals surface area contributed by atoms with Crippen molar-refractivity contribution in [2.75, 3.05) is 0 Å². The Morgan fingerprint density at radius 1 is 1.22 bits per heavy atom. The van der Waals surface area contributed by atoms with E-state index in [9.17, 15) is 0 Å². The van der Waals surface area contributed by atoms with Crippen LogP contribution in [0.15, 0.2) is 24.3 Å². The molecule has 0 bridgehead atoms. The summed E-state index contributed by atoms with van der Waals surface area (Å²) >= 11 is 1.67. The molecule has 0 saturated carbocycles. The predicted octanol–water partition coefficient (Wildman–Crippen LogP) is 0.843. The van der Waals surface area contributed by atoms with Gasteiger partial charge in [0.05, 0.1) is 0 Å². The predicted molar refractivity (Wildman–Crippen MR) is 34.0 cm³/mol. The zero-order chi connectivity index (χ0) is 6.69. The Morgan fingerprint density at radius 3 is 2.22 bits per heavy atom. The molecule has 0 N–H and O–H groups in total. The van der Waals surface area contributed by atoms with Crippen molar-refractivity contribution in [3.05, 3.63) is 29.8 Å². The normalized spacial score (nSPS) is 8.44. The average Bonchev–Trinajstić information content (AvgIpc) is 1.90. The van der Waals surface area contributed by atoms with E-state index in [4.69, 9.17) is 6.42 Å². The summed E-state index contributed by atoms with van der Waals surface area (Å²) in [6.45, 7) is 0. The van der Waals surface area contributed by atoms with Gasteiger partial charge in [-0.3, -0.25) is 0 Å². The van der Waals surface area contributed by atoms with Crippen molar-refractivity contribution in [3.63, 3.8) is 0 Å². The van der Waals surface area contributed by atoms with Gasteiger partial charge in [0.1, 0.15) is 0 Å². The van der Waals surface area contributed by atoms with Gasteiger partial charge in [-0.1, -0.05) is 0 Å². The fraction of sp³-hybridized carbons (Fsp3) is 0. The third kappa shape index (κ3) is 1.81. The van der Waals surface area contributed by atoms with Crippen molar-refractivity contribution >= 4 is 3.27 Å². The molecule has 1 aromatic rings. The fourth-order valence-electron chi connectivity index (χ4n) is 0.546. The Kier molecular flexibility index (Phi) is 2.25. The molecule has 0 aromatic heterocycles. The quantitative estimate of drug-likeness (QED) is 0.623. The molecule has 1 aromatic carbocycles. The molecule has 1 heteroatoms. The van der Waals surface area contributed by atoms with Crippen molar-refractivity contribution in [1.82, 2.24) is 0 Å². The van der Waals surface area contributed by atoms with E-state index >= 15 is 0 Å². The summed E-state index contributed by atoms with van der Waals surface area (Å²) in [6, 6.07) is 7.98. The molecule has 1 rings (SSSR count). The van der Waals surface area contributed by atoms with Gasteiger partial charge in [-0.2, -0.15) is 0 Å². The third-order valence-corrected chi connectivity index (χ3v) is 1.99. The summed E-state index contributed by atoms with van der Waals surface area (Å²) in [5.74, 6) is 2.56. The molecule has 0 saturated heterocycles. The Morgan fingerprint density at radius 2 is 1.78 bits per heavy atom. The molecule has 44 valence electrons.